The van der Waals surface area contributed by atoms with Crippen LogP contribution in [0.15, 0.2) is 60.7 Å². The topological polar surface area (TPSA) is 55.5 Å². The zero-order valence-electron chi connectivity index (χ0n) is 18.2. The van der Waals surface area contributed by atoms with Gasteiger partial charge in [-0.05, 0) is 27.8 Å². The van der Waals surface area contributed by atoms with Gasteiger partial charge < -0.3 is 15.3 Å². The first-order chi connectivity index (χ1) is 13.2. The van der Waals surface area contributed by atoms with Crippen molar-refractivity contribution in [1.29, 1.82) is 0 Å². The van der Waals surface area contributed by atoms with Crippen molar-refractivity contribution in [3.63, 3.8) is 0 Å². The van der Waals surface area contributed by atoms with Gasteiger partial charge in [-0.3, -0.25) is 0 Å². The predicted molar refractivity (Wildman–Crippen MR) is 121 cm³/mol. The van der Waals surface area contributed by atoms with Gasteiger partial charge in [-0.25, -0.2) is 0 Å². The summed E-state index contributed by atoms with van der Waals surface area (Å²) in [7, 11) is -2.06. The van der Waals surface area contributed by atoms with Gasteiger partial charge >= 0.3 is 0 Å². The van der Waals surface area contributed by atoms with E-state index in [9.17, 15) is 5.11 Å². The van der Waals surface area contributed by atoms with Crippen LogP contribution in [-0.4, -0.2) is 26.1 Å². The van der Waals surface area contributed by atoms with Gasteiger partial charge in [0.05, 0.1) is 12.6 Å². The summed E-state index contributed by atoms with van der Waals surface area (Å²) in [5.41, 5.74) is 8.38. The second kappa shape index (κ2) is 9.36. The second-order valence-corrected chi connectivity index (χ2v) is 14.2. The van der Waals surface area contributed by atoms with Gasteiger partial charge in [0, 0.05) is 0 Å². The number of aliphatic hydroxyl groups is 1. The molecule has 3 N–H and O–H groups in total. The molecule has 2 aromatic carbocycles. The molecule has 4 heteroatoms. The molecule has 0 radical (unpaired) electrons. The number of hydrogen-bond donors (Lipinski definition) is 2. The Morgan fingerprint density at radius 2 is 1.14 bits per heavy atom. The lowest BCUT2D eigenvalue weighted by molar-refractivity contribution is 0.0305. The molecule has 2 aromatic rings. The highest BCUT2D eigenvalue weighted by Crippen LogP contribution is 2.43. The van der Waals surface area contributed by atoms with Crippen LogP contribution in [0.25, 0.3) is 0 Å². The minimum absolute atomic E-state index is 0.334. The Morgan fingerprint density at radius 3 is 1.46 bits per heavy atom. The normalized spacial score (nSPS) is 14.1. The summed E-state index contributed by atoms with van der Waals surface area (Å²) in [6.07, 6.45) is 0. The molecule has 0 unspecified atom stereocenters. The average Bonchev–Trinajstić information content (AvgIpc) is 2.68. The summed E-state index contributed by atoms with van der Waals surface area (Å²) in [6.45, 7) is 13.9. The molecule has 0 amide bonds. The number of rotatable bonds is 9. The fourth-order valence-electron chi connectivity index (χ4n) is 4.83. The molecule has 0 bridgehead atoms. The maximum atomic E-state index is 11.8. The van der Waals surface area contributed by atoms with Crippen LogP contribution in [0.4, 0.5) is 0 Å². The maximum Gasteiger partial charge on any atom is 0.200 e. The summed E-state index contributed by atoms with van der Waals surface area (Å²) in [4.78, 5) is 0. The van der Waals surface area contributed by atoms with Crippen molar-refractivity contribution in [1.82, 2.24) is 0 Å². The lowest BCUT2D eigenvalue weighted by atomic mass is 9.81. The molecule has 28 heavy (non-hydrogen) atoms. The van der Waals surface area contributed by atoms with Crippen molar-refractivity contribution in [2.24, 2.45) is 5.73 Å². The molecule has 154 valence electrons. The van der Waals surface area contributed by atoms with Crippen LogP contribution in [-0.2, 0) is 10.0 Å². The third-order valence-corrected chi connectivity index (χ3v) is 12.3. The molecule has 0 fully saturated rings. The fourth-order valence-corrected chi connectivity index (χ4v) is 10.3. The van der Waals surface area contributed by atoms with Gasteiger partial charge in [0.15, 0.2) is 8.32 Å². The standard InChI is InChI=1S/C24H37NO2Si/c1-18(2)28(19(3)4,20(5)6)27-17-23(25)24(26,21-13-9-7-10-14-21)22-15-11-8-12-16-22/h7-16,18-20,23,26H,17,25H2,1-6H3/t23-/m1/s1. The summed E-state index contributed by atoms with van der Waals surface area (Å²) >= 11 is 0. The summed E-state index contributed by atoms with van der Waals surface area (Å²) in [5, 5.41) is 11.8. The molecule has 0 spiro atoms. The first-order valence-corrected chi connectivity index (χ1v) is 12.5. The molecule has 2 rings (SSSR count). The molecule has 0 saturated carbocycles. The van der Waals surface area contributed by atoms with Crippen LogP contribution in [0.2, 0.25) is 16.6 Å². The van der Waals surface area contributed by atoms with E-state index in [4.69, 9.17) is 10.2 Å². The Balaban J connectivity index is 2.40. The molecule has 1 atom stereocenters. The molecule has 0 aromatic heterocycles. The van der Waals surface area contributed by atoms with Crippen molar-refractivity contribution >= 4 is 8.32 Å². The monoisotopic (exact) mass is 399 g/mol. The SMILES string of the molecule is CC(C)[Si](OC[C@@H](N)C(O)(c1ccccc1)c1ccccc1)(C(C)C)C(C)C. The van der Waals surface area contributed by atoms with Gasteiger partial charge in [-0.15, -0.1) is 0 Å². The van der Waals surface area contributed by atoms with Gasteiger partial charge in [0.1, 0.15) is 5.60 Å². The van der Waals surface area contributed by atoms with Crippen molar-refractivity contribution in [2.75, 3.05) is 6.61 Å². The van der Waals surface area contributed by atoms with Crippen molar-refractivity contribution in [3.8, 4) is 0 Å². The van der Waals surface area contributed by atoms with E-state index in [1.807, 2.05) is 60.7 Å². The van der Waals surface area contributed by atoms with E-state index in [-0.39, 0.29) is 0 Å². The Kier molecular flexibility index (Phi) is 7.63. The van der Waals surface area contributed by atoms with E-state index >= 15 is 0 Å². The van der Waals surface area contributed by atoms with Crippen LogP contribution in [0.3, 0.4) is 0 Å². The summed E-state index contributed by atoms with van der Waals surface area (Å²) < 4.78 is 6.72. The van der Waals surface area contributed by atoms with Crippen LogP contribution in [0, 0.1) is 0 Å². The van der Waals surface area contributed by atoms with Crippen molar-refractivity contribution in [2.45, 2.75) is 69.8 Å². The molecule has 0 saturated heterocycles. The Morgan fingerprint density at radius 1 is 0.786 bits per heavy atom. The first kappa shape index (κ1) is 22.8. The first-order valence-electron chi connectivity index (χ1n) is 10.4. The molecule has 3 nitrogen and oxygen atoms in total. The molecular formula is C24H37NO2Si. The molecule has 0 aliphatic heterocycles. The van der Waals surface area contributed by atoms with E-state index < -0.39 is 20.0 Å². The Hall–Kier alpha value is -1.46. The Labute approximate surface area is 172 Å². The van der Waals surface area contributed by atoms with Crippen LogP contribution in [0.5, 0.6) is 0 Å². The van der Waals surface area contributed by atoms with Crippen molar-refractivity contribution in [3.05, 3.63) is 71.8 Å². The predicted octanol–water partition coefficient (Wildman–Crippen LogP) is 5.44. The minimum Gasteiger partial charge on any atom is -0.414 e. The number of nitrogens with two attached hydrogens (primary N) is 1. The van der Waals surface area contributed by atoms with Gasteiger partial charge in [-0.2, -0.15) is 0 Å². The zero-order chi connectivity index (χ0) is 20.9. The highest BCUT2D eigenvalue weighted by atomic mass is 28.4. The van der Waals surface area contributed by atoms with Gasteiger partial charge in [0.2, 0.25) is 0 Å². The molecular weight excluding hydrogens is 362 g/mol. The third-order valence-electron chi connectivity index (χ3n) is 6.18. The molecule has 0 heterocycles. The smallest absolute Gasteiger partial charge is 0.200 e. The Bertz CT molecular complexity index is 655. The molecule has 0 aliphatic rings. The lowest BCUT2D eigenvalue weighted by Crippen LogP contribution is -2.54. The fraction of sp³-hybridized carbons (Fsp3) is 0.500. The van der Waals surface area contributed by atoms with Crippen LogP contribution < -0.4 is 5.73 Å². The zero-order valence-corrected chi connectivity index (χ0v) is 19.2. The van der Waals surface area contributed by atoms with Gasteiger partial charge in [0.25, 0.3) is 0 Å². The second-order valence-electron chi connectivity index (χ2n) is 8.73. The van der Waals surface area contributed by atoms with Gasteiger partial charge in [-0.1, -0.05) is 102 Å². The number of benzene rings is 2. The van der Waals surface area contributed by atoms with E-state index in [1.165, 1.54) is 0 Å². The highest BCUT2D eigenvalue weighted by molar-refractivity contribution is 6.77. The lowest BCUT2D eigenvalue weighted by Gasteiger charge is -2.44. The maximum absolute atomic E-state index is 11.8. The van der Waals surface area contributed by atoms with E-state index in [0.717, 1.165) is 11.1 Å². The summed E-state index contributed by atoms with van der Waals surface area (Å²) in [6, 6.07) is 18.8. The highest BCUT2D eigenvalue weighted by Gasteiger charge is 2.47. The minimum atomic E-state index is -2.06. The summed E-state index contributed by atoms with van der Waals surface area (Å²) in [5.74, 6) is 0. The third kappa shape index (κ3) is 4.25. The van der Waals surface area contributed by atoms with Crippen LogP contribution >= 0.6 is 0 Å². The molecule has 0 aliphatic carbocycles. The van der Waals surface area contributed by atoms with Crippen LogP contribution in [0.1, 0.15) is 52.7 Å². The number of hydrogen-bond acceptors (Lipinski definition) is 3. The van der Waals surface area contributed by atoms with E-state index in [1.54, 1.807) is 0 Å². The average molecular weight is 400 g/mol. The quantitative estimate of drug-likeness (QED) is 0.552. The largest absolute Gasteiger partial charge is 0.414 e. The van der Waals surface area contributed by atoms with E-state index in [2.05, 4.69) is 41.5 Å². The van der Waals surface area contributed by atoms with E-state index in [0.29, 0.717) is 23.2 Å². The van der Waals surface area contributed by atoms with Crippen molar-refractivity contribution < 1.29 is 9.53 Å².